The van der Waals surface area contributed by atoms with Gasteiger partial charge in [0.15, 0.2) is 10.6 Å². The zero-order valence-corrected chi connectivity index (χ0v) is 7.30. The molecule has 54 valence electrons. The number of aryl methyl sites for hydroxylation is 1. The van der Waals surface area contributed by atoms with E-state index >= 15 is 0 Å². The lowest BCUT2D eigenvalue weighted by molar-refractivity contribution is 0.728. The Morgan fingerprint density at radius 3 is 2.70 bits per heavy atom. The van der Waals surface area contributed by atoms with E-state index in [0.717, 1.165) is 10.6 Å². The molecule has 0 amide bonds. The average Bonchev–Trinajstić information content (AvgIpc) is 2.64. The van der Waals surface area contributed by atoms with Crippen molar-refractivity contribution in [1.82, 2.24) is 14.8 Å². The summed E-state index contributed by atoms with van der Waals surface area (Å²) in [6, 6.07) is 0. The molecule has 0 spiro atoms. The van der Waals surface area contributed by atoms with E-state index in [4.69, 9.17) is 0 Å². The van der Waals surface area contributed by atoms with Crippen molar-refractivity contribution in [2.24, 2.45) is 7.05 Å². The van der Waals surface area contributed by atoms with Gasteiger partial charge >= 0.3 is 0 Å². The van der Waals surface area contributed by atoms with Crippen molar-refractivity contribution in [2.75, 3.05) is 0 Å². The van der Waals surface area contributed by atoms with E-state index in [1.165, 1.54) is 12.8 Å². The second kappa shape index (κ2) is 2.05. The highest BCUT2D eigenvalue weighted by Gasteiger charge is 2.27. The third-order valence-electron chi connectivity index (χ3n) is 1.67. The number of nitrogens with zero attached hydrogens (tertiary/aromatic N) is 3. The van der Waals surface area contributed by atoms with E-state index in [1.807, 2.05) is 7.05 Å². The molecule has 0 aromatic carbocycles. The molecule has 0 saturated heterocycles. The predicted octanol–water partition coefficient (Wildman–Crippen LogP) is 1.46. The van der Waals surface area contributed by atoms with Crippen molar-refractivity contribution in [3.8, 4) is 0 Å². The first-order chi connectivity index (χ1) is 4.77. The molecular formula is C6H8BrN3. The van der Waals surface area contributed by atoms with Crippen LogP contribution in [0, 0.1) is 0 Å². The molecule has 1 saturated carbocycles. The maximum atomic E-state index is 4.24. The van der Waals surface area contributed by atoms with E-state index in [-0.39, 0.29) is 0 Å². The number of hydrogen-bond donors (Lipinski definition) is 0. The van der Waals surface area contributed by atoms with Crippen LogP contribution in [0.5, 0.6) is 0 Å². The standard InChI is InChI=1S/C6H8BrN3/c1-10-6(7)8-5(9-10)4-2-3-4/h4H,2-3H2,1H3. The van der Waals surface area contributed by atoms with Crippen molar-refractivity contribution in [3.63, 3.8) is 0 Å². The molecule has 1 fully saturated rings. The molecule has 1 aliphatic carbocycles. The van der Waals surface area contributed by atoms with Crippen LogP contribution in [0.4, 0.5) is 0 Å². The summed E-state index contributed by atoms with van der Waals surface area (Å²) in [5, 5.41) is 4.23. The van der Waals surface area contributed by atoms with Gasteiger partial charge in [-0.25, -0.2) is 9.67 Å². The highest BCUT2D eigenvalue weighted by molar-refractivity contribution is 9.10. The maximum absolute atomic E-state index is 4.24. The van der Waals surface area contributed by atoms with Gasteiger partial charge in [0.25, 0.3) is 0 Å². The van der Waals surface area contributed by atoms with Crippen molar-refractivity contribution in [3.05, 3.63) is 10.6 Å². The number of rotatable bonds is 1. The summed E-state index contributed by atoms with van der Waals surface area (Å²) in [5.41, 5.74) is 0. The van der Waals surface area contributed by atoms with Crippen LogP contribution in [0.15, 0.2) is 4.73 Å². The predicted molar refractivity (Wildman–Crippen MR) is 40.7 cm³/mol. The fourth-order valence-corrected chi connectivity index (χ4v) is 1.16. The maximum Gasteiger partial charge on any atom is 0.195 e. The topological polar surface area (TPSA) is 30.7 Å². The van der Waals surface area contributed by atoms with Crippen LogP contribution in [0.1, 0.15) is 24.6 Å². The Bertz CT molecular complexity index is 232. The molecule has 1 aromatic heterocycles. The molecule has 1 aliphatic rings. The molecule has 0 bridgehead atoms. The van der Waals surface area contributed by atoms with Crippen molar-refractivity contribution < 1.29 is 0 Å². The molecule has 0 aliphatic heterocycles. The summed E-state index contributed by atoms with van der Waals surface area (Å²) in [6.07, 6.45) is 2.52. The van der Waals surface area contributed by atoms with Gasteiger partial charge in [0.2, 0.25) is 0 Å². The van der Waals surface area contributed by atoms with Crippen molar-refractivity contribution in [1.29, 1.82) is 0 Å². The molecule has 0 N–H and O–H groups in total. The molecule has 1 aromatic rings. The van der Waals surface area contributed by atoms with Gasteiger partial charge in [-0.2, -0.15) is 5.10 Å². The van der Waals surface area contributed by atoms with Gasteiger partial charge in [0, 0.05) is 13.0 Å². The first-order valence-electron chi connectivity index (χ1n) is 3.34. The molecule has 1 heterocycles. The second-order valence-electron chi connectivity index (χ2n) is 2.64. The van der Waals surface area contributed by atoms with E-state index in [1.54, 1.807) is 4.68 Å². The number of halogens is 1. The average molecular weight is 202 g/mol. The second-order valence-corrected chi connectivity index (χ2v) is 3.35. The number of hydrogen-bond acceptors (Lipinski definition) is 2. The highest BCUT2D eigenvalue weighted by atomic mass is 79.9. The summed E-state index contributed by atoms with van der Waals surface area (Å²) >= 11 is 3.30. The summed E-state index contributed by atoms with van der Waals surface area (Å²) in [5.74, 6) is 1.65. The lowest BCUT2D eigenvalue weighted by Crippen LogP contribution is -1.90. The fourth-order valence-electron chi connectivity index (χ4n) is 0.899. The zero-order valence-electron chi connectivity index (χ0n) is 5.71. The Hall–Kier alpha value is -0.380. The molecule has 3 nitrogen and oxygen atoms in total. The fraction of sp³-hybridized carbons (Fsp3) is 0.667. The van der Waals surface area contributed by atoms with Gasteiger partial charge in [0.05, 0.1) is 0 Å². The van der Waals surface area contributed by atoms with Gasteiger partial charge in [-0.3, -0.25) is 0 Å². The molecule has 0 atom stereocenters. The van der Waals surface area contributed by atoms with E-state index in [2.05, 4.69) is 26.0 Å². The molecular weight excluding hydrogens is 194 g/mol. The monoisotopic (exact) mass is 201 g/mol. The van der Waals surface area contributed by atoms with Gasteiger partial charge in [0.1, 0.15) is 0 Å². The van der Waals surface area contributed by atoms with Gasteiger partial charge in [-0.05, 0) is 28.8 Å². The Kier molecular flexibility index (Phi) is 1.30. The van der Waals surface area contributed by atoms with Gasteiger partial charge in [-0.15, -0.1) is 0 Å². The van der Waals surface area contributed by atoms with Crippen LogP contribution in [0.25, 0.3) is 0 Å². The first kappa shape index (κ1) is 6.34. The van der Waals surface area contributed by atoms with Crippen LogP contribution >= 0.6 is 15.9 Å². The van der Waals surface area contributed by atoms with Gasteiger partial charge in [-0.1, -0.05) is 0 Å². The van der Waals surface area contributed by atoms with E-state index in [9.17, 15) is 0 Å². The quantitative estimate of drug-likeness (QED) is 0.690. The van der Waals surface area contributed by atoms with E-state index < -0.39 is 0 Å². The lowest BCUT2D eigenvalue weighted by atomic mass is 10.4. The van der Waals surface area contributed by atoms with Crippen LogP contribution in [-0.2, 0) is 7.05 Å². The summed E-state index contributed by atoms with van der Waals surface area (Å²) in [6.45, 7) is 0. The first-order valence-corrected chi connectivity index (χ1v) is 4.13. The minimum Gasteiger partial charge on any atom is -0.243 e. The van der Waals surface area contributed by atoms with Crippen molar-refractivity contribution >= 4 is 15.9 Å². The number of aromatic nitrogens is 3. The van der Waals surface area contributed by atoms with Crippen LogP contribution in [0.2, 0.25) is 0 Å². The van der Waals surface area contributed by atoms with Crippen LogP contribution in [-0.4, -0.2) is 14.8 Å². The third kappa shape index (κ3) is 0.963. The normalized spacial score (nSPS) is 17.8. The molecule has 4 heteroatoms. The summed E-state index contributed by atoms with van der Waals surface area (Å²) in [4.78, 5) is 4.24. The minimum atomic E-state index is 0.650. The Morgan fingerprint density at radius 1 is 1.60 bits per heavy atom. The third-order valence-corrected chi connectivity index (χ3v) is 2.36. The van der Waals surface area contributed by atoms with E-state index in [0.29, 0.717) is 5.92 Å². The highest BCUT2D eigenvalue weighted by Crippen LogP contribution is 2.38. The molecule has 0 unspecified atom stereocenters. The van der Waals surface area contributed by atoms with Crippen LogP contribution < -0.4 is 0 Å². The zero-order chi connectivity index (χ0) is 7.14. The Labute approximate surface area is 67.6 Å². The molecule has 0 radical (unpaired) electrons. The Balaban J connectivity index is 2.34. The summed E-state index contributed by atoms with van der Waals surface area (Å²) < 4.78 is 2.59. The molecule has 2 rings (SSSR count). The summed E-state index contributed by atoms with van der Waals surface area (Å²) in [7, 11) is 1.89. The largest absolute Gasteiger partial charge is 0.243 e. The van der Waals surface area contributed by atoms with Crippen LogP contribution in [0.3, 0.4) is 0 Å². The SMILES string of the molecule is Cn1nc(C2CC2)nc1Br. The minimum absolute atomic E-state index is 0.650. The lowest BCUT2D eigenvalue weighted by Gasteiger charge is -1.84. The van der Waals surface area contributed by atoms with Crippen molar-refractivity contribution in [2.45, 2.75) is 18.8 Å². The Morgan fingerprint density at radius 2 is 2.30 bits per heavy atom. The van der Waals surface area contributed by atoms with Gasteiger partial charge < -0.3 is 0 Å². The molecule has 10 heavy (non-hydrogen) atoms. The smallest absolute Gasteiger partial charge is 0.195 e.